The van der Waals surface area contributed by atoms with E-state index in [1.165, 1.54) is 4.90 Å². The number of alkyl carbamates (subject to hydrolysis) is 1. The number of carbonyl (C=O) groups excluding carboxylic acids is 2. The van der Waals surface area contributed by atoms with E-state index in [9.17, 15) is 19.5 Å². The Balaban J connectivity index is 1.28. The number of amides is 2. The van der Waals surface area contributed by atoms with E-state index < -0.39 is 23.6 Å². The summed E-state index contributed by atoms with van der Waals surface area (Å²) in [6.07, 6.45) is 3.85. The van der Waals surface area contributed by atoms with Gasteiger partial charge in [0.25, 0.3) is 0 Å². The molecule has 184 valence electrons. The quantitative estimate of drug-likeness (QED) is 0.611. The molecule has 7 heteroatoms. The van der Waals surface area contributed by atoms with Crippen molar-refractivity contribution in [3.63, 3.8) is 0 Å². The van der Waals surface area contributed by atoms with Crippen LogP contribution in [0, 0.1) is 5.92 Å². The minimum absolute atomic E-state index is 0.0665. The lowest BCUT2D eigenvalue weighted by Crippen LogP contribution is -2.62. The lowest BCUT2D eigenvalue weighted by molar-refractivity contribution is -0.161. The van der Waals surface area contributed by atoms with Crippen LogP contribution in [0.2, 0.25) is 0 Å². The predicted octanol–water partition coefficient (Wildman–Crippen LogP) is 4.55. The number of piperidine rings is 1. The third-order valence-electron chi connectivity index (χ3n) is 7.82. The molecule has 35 heavy (non-hydrogen) atoms. The van der Waals surface area contributed by atoms with Crippen LogP contribution in [0.4, 0.5) is 4.79 Å². The first-order chi connectivity index (χ1) is 16.9. The number of rotatable bonds is 7. The first-order valence-corrected chi connectivity index (χ1v) is 12.5. The molecule has 0 spiro atoms. The van der Waals surface area contributed by atoms with Crippen molar-refractivity contribution < 1.29 is 24.2 Å². The van der Waals surface area contributed by atoms with Crippen molar-refractivity contribution in [2.24, 2.45) is 5.92 Å². The van der Waals surface area contributed by atoms with E-state index in [1.807, 2.05) is 24.3 Å². The zero-order valence-electron chi connectivity index (χ0n) is 20.0. The number of hydrogen-bond donors (Lipinski definition) is 2. The molecule has 1 heterocycles. The Morgan fingerprint density at radius 1 is 1.06 bits per heavy atom. The average molecular weight is 477 g/mol. The molecule has 2 N–H and O–H groups in total. The second-order valence-corrected chi connectivity index (χ2v) is 10.2. The van der Waals surface area contributed by atoms with Gasteiger partial charge in [0, 0.05) is 12.5 Å². The molecule has 2 fully saturated rings. The van der Waals surface area contributed by atoms with E-state index in [-0.39, 0.29) is 18.4 Å². The summed E-state index contributed by atoms with van der Waals surface area (Å²) in [6.45, 7) is 2.16. The van der Waals surface area contributed by atoms with Crippen molar-refractivity contribution in [3.05, 3.63) is 59.7 Å². The lowest BCUT2D eigenvalue weighted by atomic mass is 9.87. The molecule has 1 saturated heterocycles. The number of carbonyl (C=O) groups is 3. The van der Waals surface area contributed by atoms with E-state index >= 15 is 0 Å². The van der Waals surface area contributed by atoms with Crippen LogP contribution in [0.1, 0.15) is 62.5 Å². The summed E-state index contributed by atoms with van der Waals surface area (Å²) in [7, 11) is 0. The van der Waals surface area contributed by atoms with Crippen LogP contribution in [0.15, 0.2) is 48.5 Å². The number of fused-ring (bicyclic) bond motifs is 3. The van der Waals surface area contributed by atoms with Crippen LogP contribution in [0.5, 0.6) is 0 Å². The molecule has 2 aromatic rings. The Kier molecular flexibility index (Phi) is 6.26. The van der Waals surface area contributed by atoms with E-state index in [1.54, 1.807) is 6.92 Å². The fourth-order valence-corrected chi connectivity index (χ4v) is 5.58. The third-order valence-corrected chi connectivity index (χ3v) is 7.82. The second-order valence-electron chi connectivity index (χ2n) is 10.2. The highest BCUT2D eigenvalue weighted by Crippen LogP contribution is 2.44. The molecule has 2 aromatic carbocycles. The van der Waals surface area contributed by atoms with Crippen LogP contribution in [-0.2, 0) is 14.3 Å². The maximum absolute atomic E-state index is 13.5. The summed E-state index contributed by atoms with van der Waals surface area (Å²) in [5.41, 5.74) is 3.30. The number of ether oxygens (including phenoxy) is 1. The molecule has 2 atom stereocenters. The monoisotopic (exact) mass is 476 g/mol. The SMILES string of the molecule is CC1(C(=O)O)CCCCN1C(=O)[C@H](CC1CC1)NC(=O)OCC1c2ccccc2-c2ccccc21. The van der Waals surface area contributed by atoms with Crippen LogP contribution < -0.4 is 5.32 Å². The van der Waals surface area contributed by atoms with Gasteiger partial charge >= 0.3 is 12.1 Å². The van der Waals surface area contributed by atoms with Gasteiger partial charge in [-0.3, -0.25) is 4.79 Å². The summed E-state index contributed by atoms with van der Waals surface area (Å²) in [4.78, 5) is 39.9. The van der Waals surface area contributed by atoms with Gasteiger partial charge in [-0.05, 0) is 60.8 Å². The van der Waals surface area contributed by atoms with Gasteiger partial charge in [-0.25, -0.2) is 9.59 Å². The first-order valence-electron chi connectivity index (χ1n) is 12.5. The van der Waals surface area contributed by atoms with Gasteiger partial charge in [-0.1, -0.05) is 61.4 Å². The van der Waals surface area contributed by atoms with Crippen molar-refractivity contribution in [1.82, 2.24) is 10.2 Å². The van der Waals surface area contributed by atoms with Crippen molar-refractivity contribution in [2.75, 3.05) is 13.2 Å². The molecule has 5 rings (SSSR count). The largest absolute Gasteiger partial charge is 0.480 e. The number of nitrogens with one attached hydrogen (secondary N) is 1. The Hall–Kier alpha value is -3.35. The number of benzene rings is 2. The second kappa shape index (κ2) is 9.36. The molecule has 7 nitrogen and oxygen atoms in total. The average Bonchev–Trinajstić information content (AvgIpc) is 3.62. The predicted molar refractivity (Wildman–Crippen MR) is 131 cm³/mol. The molecule has 0 bridgehead atoms. The number of nitrogens with zero attached hydrogens (tertiary/aromatic N) is 1. The number of carboxylic acid groups (broad SMARTS) is 1. The molecule has 3 aliphatic rings. The number of carboxylic acids is 1. The Labute approximate surface area is 205 Å². The smallest absolute Gasteiger partial charge is 0.407 e. The standard InChI is InChI=1S/C28H32N2O5/c1-28(26(32)33)14-6-7-15-30(28)25(31)24(16-18-12-13-18)29-27(34)35-17-23-21-10-4-2-8-19(21)20-9-3-5-11-22(20)23/h2-5,8-11,18,23-24H,6-7,12-17H2,1H3,(H,29,34)(H,32,33)/t24-,28?/m0/s1. The van der Waals surface area contributed by atoms with Crippen LogP contribution in [0.25, 0.3) is 11.1 Å². The zero-order valence-corrected chi connectivity index (χ0v) is 20.0. The van der Waals surface area contributed by atoms with Gasteiger partial charge < -0.3 is 20.1 Å². The van der Waals surface area contributed by atoms with Gasteiger partial charge in [-0.15, -0.1) is 0 Å². The van der Waals surface area contributed by atoms with Gasteiger partial charge in [0.2, 0.25) is 5.91 Å². The number of hydrogen-bond acceptors (Lipinski definition) is 4. The summed E-state index contributed by atoms with van der Waals surface area (Å²) >= 11 is 0. The maximum atomic E-state index is 13.5. The number of aliphatic carboxylic acids is 1. The molecule has 2 amide bonds. The summed E-state index contributed by atoms with van der Waals surface area (Å²) < 4.78 is 5.67. The van der Waals surface area contributed by atoms with E-state index in [0.29, 0.717) is 25.3 Å². The fraction of sp³-hybridized carbons (Fsp3) is 0.464. The normalized spacial score (nSPS) is 22.1. The minimum Gasteiger partial charge on any atom is -0.480 e. The minimum atomic E-state index is -1.25. The van der Waals surface area contributed by atoms with Crippen molar-refractivity contribution in [2.45, 2.75) is 62.9 Å². The van der Waals surface area contributed by atoms with Gasteiger partial charge in [-0.2, -0.15) is 0 Å². The van der Waals surface area contributed by atoms with Crippen molar-refractivity contribution in [3.8, 4) is 11.1 Å². The summed E-state index contributed by atoms with van der Waals surface area (Å²) in [6, 6.07) is 15.5. The molecule has 1 saturated carbocycles. The number of likely N-dealkylation sites (tertiary alicyclic amines) is 1. The highest BCUT2D eigenvalue weighted by molar-refractivity contribution is 5.91. The Bertz CT molecular complexity index is 1100. The Morgan fingerprint density at radius 3 is 2.29 bits per heavy atom. The Morgan fingerprint density at radius 2 is 1.69 bits per heavy atom. The van der Waals surface area contributed by atoms with E-state index in [4.69, 9.17) is 4.74 Å². The zero-order chi connectivity index (χ0) is 24.6. The van der Waals surface area contributed by atoms with Crippen LogP contribution in [-0.4, -0.2) is 52.7 Å². The topological polar surface area (TPSA) is 95.9 Å². The fourth-order valence-electron chi connectivity index (χ4n) is 5.58. The van der Waals surface area contributed by atoms with Crippen molar-refractivity contribution in [1.29, 1.82) is 0 Å². The maximum Gasteiger partial charge on any atom is 0.407 e. The summed E-state index contributed by atoms with van der Waals surface area (Å²) in [5, 5.41) is 12.6. The van der Waals surface area contributed by atoms with E-state index in [0.717, 1.165) is 47.9 Å². The molecular weight excluding hydrogens is 444 g/mol. The van der Waals surface area contributed by atoms with Gasteiger partial charge in [0.15, 0.2) is 0 Å². The molecule has 2 aliphatic carbocycles. The van der Waals surface area contributed by atoms with Crippen molar-refractivity contribution >= 4 is 18.0 Å². The molecule has 0 radical (unpaired) electrons. The van der Waals surface area contributed by atoms with Gasteiger partial charge in [0.1, 0.15) is 18.2 Å². The molecule has 1 aliphatic heterocycles. The highest BCUT2D eigenvalue weighted by Gasteiger charge is 2.46. The van der Waals surface area contributed by atoms with Crippen LogP contribution >= 0.6 is 0 Å². The van der Waals surface area contributed by atoms with Gasteiger partial charge in [0.05, 0.1) is 0 Å². The molecule has 0 aromatic heterocycles. The van der Waals surface area contributed by atoms with Crippen LogP contribution in [0.3, 0.4) is 0 Å². The molecule has 1 unspecified atom stereocenters. The first kappa shape index (κ1) is 23.4. The van der Waals surface area contributed by atoms with E-state index in [2.05, 4.69) is 29.6 Å². The third kappa shape index (κ3) is 4.51. The lowest BCUT2D eigenvalue weighted by Gasteiger charge is -2.43. The highest BCUT2D eigenvalue weighted by atomic mass is 16.5. The summed E-state index contributed by atoms with van der Waals surface area (Å²) in [5.74, 6) is -1.02. The molecular formula is C28H32N2O5.